The van der Waals surface area contributed by atoms with Gasteiger partial charge in [0, 0.05) is 53.1 Å². The normalized spacial score (nSPS) is 13.3. The second kappa shape index (κ2) is 7.12. The molecule has 2 aromatic heterocycles. The number of hydrogen-bond acceptors (Lipinski definition) is 2. The molecule has 1 aliphatic rings. The number of fused-ring (bicyclic) bond motifs is 3. The number of anilines is 1. The first-order chi connectivity index (χ1) is 11.6. The van der Waals surface area contributed by atoms with Crippen molar-refractivity contribution < 1.29 is 4.79 Å². The van der Waals surface area contributed by atoms with Crippen LogP contribution in [0.2, 0.25) is 10.0 Å². The highest BCUT2D eigenvalue weighted by Crippen LogP contribution is 2.28. The lowest BCUT2D eigenvalue weighted by molar-refractivity contribution is 0.206. The summed E-state index contributed by atoms with van der Waals surface area (Å²) < 4.78 is 0. The molecule has 0 radical (unpaired) electrons. The van der Waals surface area contributed by atoms with E-state index >= 15 is 0 Å². The lowest BCUT2D eigenvalue weighted by atomic mass is 10.1. The maximum Gasteiger partial charge on any atom is 0.322 e. The Kier molecular flexibility index (Phi) is 5.08. The van der Waals surface area contributed by atoms with Gasteiger partial charge in [0.1, 0.15) is 5.65 Å². The van der Waals surface area contributed by atoms with Crippen molar-refractivity contribution in [2.24, 2.45) is 0 Å². The molecular weight excluding hydrogens is 383 g/mol. The molecular formula is C17H15Cl3N4O. The van der Waals surface area contributed by atoms with Crippen LogP contribution < -0.4 is 5.32 Å². The van der Waals surface area contributed by atoms with Crippen LogP contribution in [-0.2, 0) is 13.0 Å². The zero-order valence-electron chi connectivity index (χ0n) is 13.1. The van der Waals surface area contributed by atoms with Gasteiger partial charge in [-0.05, 0) is 24.3 Å². The van der Waals surface area contributed by atoms with Crippen molar-refractivity contribution in [2.75, 3.05) is 11.9 Å². The largest absolute Gasteiger partial charge is 0.343 e. The molecule has 0 saturated heterocycles. The Morgan fingerprint density at radius 2 is 2.08 bits per heavy atom. The molecule has 130 valence electrons. The van der Waals surface area contributed by atoms with Crippen LogP contribution in [-0.4, -0.2) is 27.4 Å². The highest BCUT2D eigenvalue weighted by Gasteiger charge is 2.24. The Balaban J connectivity index is 0.00000182. The van der Waals surface area contributed by atoms with Crippen LogP contribution in [0.25, 0.3) is 11.0 Å². The standard InChI is InChI=1S/C17H14Cl2N4O.ClH/c18-10-2-1-3-12(6-10)21-17(24)23-5-4-15-14(9-23)13-7-11(19)8-20-16(13)22-15;/h1-3,6-8H,4-5,9H2,(H,20,22)(H,21,24);1H. The van der Waals surface area contributed by atoms with E-state index in [2.05, 4.69) is 15.3 Å². The Bertz CT molecular complexity index is 941. The number of aromatic amines is 1. The summed E-state index contributed by atoms with van der Waals surface area (Å²) in [6.45, 7) is 1.16. The molecule has 5 nitrogen and oxygen atoms in total. The summed E-state index contributed by atoms with van der Waals surface area (Å²) in [6, 6.07) is 8.86. The first kappa shape index (κ1) is 17.9. The zero-order valence-corrected chi connectivity index (χ0v) is 15.4. The molecule has 2 N–H and O–H groups in total. The van der Waals surface area contributed by atoms with E-state index in [-0.39, 0.29) is 18.4 Å². The summed E-state index contributed by atoms with van der Waals surface area (Å²) in [4.78, 5) is 21.9. The monoisotopic (exact) mass is 396 g/mol. The van der Waals surface area contributed by atoms with Crippen LogP contribution in [0.3, 0.4) is 0 Å². The third-order valence-corrected chi connectivity index (χ3v) is 4.60. The van der Waals surface area contributed by atoms with Crippen LogP contribution in [0.1, 0.15) is 11.3 Å². The van der Waals surface area contributed by atoms with E-state index in [1.54, 1.807) is 29.3 Å². The van der Waals surface area contributed by atoms with Crippen LogP contribution in [0.4, 0.5) is 10.5 Å². The SMILES string of the molecule is Cl.O=C(Nc1cccc(Cl)c1)N1CCc2[nH]c3ncc(Cl)cc3c2C1. The number of urea groups is 1. The Hall–Kier alpha value is -1.95. The number of aromatic nitrogens is 2. The summed E-state index contributed by atoms with van der Waals surface area (Å²) in [5.41, 5.74) is 3.68. The topological polar surface area (TPSA) is 61.0 Å². The molecule has 8 heteroatoms. The van der Waals surface area contributed by atoms with Gasteiger partial charge in [0.25, 0.3) is 0 Å². The van der Waals surface area contributed by atoms with Crippen molar-refractivity contribution in [1.82, 2.24) is 14.9 Å². The third-order valence-electron chi connectivity index (χ3n) is 4.16. The van der Waals surface area contributed by atoms with Crippen LogP contribution in [0, 0.1) is 0 Å². The first-order valence-corrected chi connectivity index (χ1v) is 8.32. The quantitative estimate of drug-likeness (QED) is 0.614. The lowest BCUT2D eigenvalue weighted by Crippen LogP contribution is -2.38. The number of amides is 2. The number of nitrogens with one attached hydrogen (secondary N) is 2. The number of hydrogen-bond donors (Lipinski definition) is 2. The number of carbonyl (C=O) groups is 1. The van der Waals surface area contributed by atoms with Gasteiger partial charge in [0.15, 0.2) is 0 Å². The molecule has 3 heterocycles. The van der Waals surface area contributed by atoms with Gasteiger partial charge in [-0.2, -0.15) is 0 Å². The van der Waals surface area contributed by atoms with Gasteiger partial charge in [0.2, 0.25) is 0 Å². The molecule has 0 saturated carbocycles. The molecule has 25 heavy (non-hydrogen) atoms. The van der Waals surface area contributed by atoms with Gasteiger partial charge in [0.05, 0.1) is 5.02 Å². The number of pyridine rings is 1. The fourth-order valence-electron chi connectivity index (χ4n) is 3.00. The molecule has 2 amide bonds. The van der Waals surface area contributed by atoms with Gasteiger partial charge in [-0.3, -0.25) is 0 Å². The molecule has 0 fully saturated rings. The molecule has 0 unspecified atom stereocenters. The van der Waals surface area contributed by atoms with Gasteiger partial charge < -0.3 is 15.2 Å². The second-order valence-corrected chi connectivity index (χ2v) is 6.62. The lowest BCUT2D eigenvalue weighted by Gasteiger charge is -2.27. The van der Waals surface area contributed by atoms with Crippen molar-refractivity contribution in [3.8, 4) is 0 Å². The number of H-pyrrole nitrogens is 1. The van der Waals surface area contributed by atoms with Gasteiger partial charge in [-0.25, -0.2) is 9.78 Å². The van der Waals surface area contributed by atoms with E-state index in [1.807, 2.05) is 12.1 Å². The molecule has 3 aromatic rings. The highest BCUT2D eigenvalue weighted by molar-refractivity contribution is 6.31. The fourth-order valence-corrected chi connectivity index (χ4v) is 3.35. The minimum Gasteiger partial charge on any atom is -0.343 e. The maximum absolute atomic E-state index is 12.5. The average molecular weight is 398 g/mol. The molecule has 1 aliphatic heterocycles. The van der Waals surface area contributed by atoms with E-state index in [0.717, 1.165) is 28.7 Å². The minimum atomic E-state index is -0.146. The van der Waals surface area contributed by atoms with E-state index in [4.69, 9.17) is 23.2 Å². The molecule has 0 aliphatic carbocycles. The average Bonchev–Trinajstić information content (AvgIpc) is 2.92. The minimum absolute atomic E-state index is 0. The fraction of sp³-hybridized carbons (Fsp3) is 0.176. The number of halogens is 3. The Morgan fingerprint density at radius 3 is 2.88 bits per heavy atom. The molecule has 0 spiro atoms. The third kappa shape index (κ3) is 3.54. The van der Waals surface area contributed by atoms with E-state index in [9.17, 15) is 4.79 Å². The van der Waals surface area contributed by atoms with Crippen molar-refractivity contribution >= 4 is 58.4 Å². The smallest absolute Gasteiger partial charge is 0.322 e. The van der Waals surface area contributed by atoms with Gasteiger partial charge >= 0.3 is 6.03 Å². The van der Waals surface area contributed by atoms with E-state index in [0.29, 0.717) is 28.8 Å². The van der Waals surface area contributed by atoms with Crippen LogP contribution in [0.5, 0.6) is 0 Å². The van der Waals surface area contributed by atoms with E-state index < -0.39 is 0 Å². The van der Waals surface area contributed by atoms with Crippen molar-refractivity contribution in [3.63, 3.8) is 0 Å². The van der Waals surface area contributed by atoms with Crippen molar-refractivity contribution in [3.05, 3.63) is 57.8 Å². The Labute approximate surface area is 160 Å². The first-order valence-electron chi connectivity index (χ1n) is 7.56. The Morgan fingerprint density at radius 1 is 1.24 bits per heavy atom. The molecule has 0 bridgehead atoms. The predicted molar refractivity (Wildman–Crippen MR) is 103 cm³/mol. The number of benzene rings is 1. The summed E-state index contributed by atoms with van der Waals surface area (Å²) in [5.74, 6) is 0. The molecule has 0 atom stereocenters. The van der Waals surface area contributed by atoms with Gasteiger partial charge in [-0.1, -0.05) is 29.3 Å². The summed E-state index contributed by atoms with van der Waals surface area (Å²) >= 11 is 12.0. The van der Waals surface area contributed by atoms with Crippen LogP contribution >= 0.6 is 35.6 Å². The summed E-state index contributed by atoms with van der Waals surface area (Å²) in [5, 5.41) is 5.03. The highest BCUT2D eigenvalue weighted by atomic mass is 35.5. The van der Waals surface area contributed by atoms with E-state index in [1.165, 1.54) is 0 Å². The summed E-state index contributed by atoms with van der Waals surface area (Å²) in [6.07, 6.45) is 2.38. The number of rotatable bonds is 1. The number of nitrogens with zero attached hydrogens (tertiary/aromatic N) is 2. The van der Waals surface area contributed by atoms with Crippen molar-refractivity contribution in [1.29, 1.82) is 0 Å². The second-order valence-electron chi connectivity index (χ2n) is 5.74. The molecule has 4 rings (SSSR count). The zero-order chi connectivity index (χ0) is 16.7. The summed E-state index contributed by atoms with van der Waals surface area (Å²) in [7, 11) is 0. The van der Waals surface area contributed by atoms with Crippen LogP contribution in [0.15, 0.2) is 36.5 Å². The maximum atomic E-state index is 12.5. The number of carbonyl (C=O) groups excluding carboxylic acids is 1. The van der Waals surface area contributed by atoms with Crippen molar-refractivity contribution in [2.45, 2.75) is 13.0 Å². The predicted octanol–water partition coefficient (Wildman–Crippen LogP) is 4.88. The molecule has 1 aromatic carbocycles. The van der Waals surface area contributed by atoms with Gasteiger partial charge in [-0.15, -0.1) is 12.4 Å².